The van der Waals surface area contributed by atoms with Gasteiger partial charge in [-0.05, 0) is 24.5 Å². The smallest absolute Gasteiger partial charge is 0.254 e. The number of aryl methyl sites for hydroxylation is 1. The molecule has 1 unspecified atom stereocenters. The van der Waals surface area contributed by atoms with Gasteiger partial charge in [-0.2, -0.15) is 0 Å². The molecule has 1 amide bonds. The second-order valence-electron chi connectivity index (χ2n) is 5.99. The molecule has 1 N–H and O–H groups in total. The Labute approximate surface area is 127 Å². The van der Waals surface area contributed by atoms with Crippen molar-refractivity contribution in [3.63, 3.8) is 0 Å². The minimum Gasteiger partial charge on any atom is -0.337 e. The maximum Gasteiger partial charge on any atom is 0.254 e. The molecule has 2 saturated heterocycles. The van der Waals surface area contributed by atoms with E-state index >= 15 is 0 Å². The molecular formula is C17H25N3O. The molecule has 0 saturated carbocycles. The summed E-state index contributed by atoms with van der Waals surface area (Å²) in [4.78, 5) is 17.3. The molecule has 1 atom stereocenters. The highest BCUT2D eigenvalue weighted by atomic mass is 16.2. The zero-order valence-electron chi connectivity index (χ0n) is 12.8. The second kappa shape index (κ2) is 6.58. The number of carbonyl (C=O) groups is 1. The molecule has 0 aliphatic carbocycles. The monoisotopic (exact) mass is 287 g/mol. The molecule has 0 radical (unpaired) electrons. The first kappa shape index (κ1) is 14.5. The average Bonchev–Trinajstić information content (AvgIpc) is 3.05. The van der Waals surface area contributed by atoms with E-state index in [0.29, 0.717) is 6.04 Å². The van der Waals surface area contributed by atoms with E-state index in [1.807, 2.05) is 23.1 Å². The van der Waals surface area contributed by atoms with Crippen LogP contribution in [0.2, 0.25) is 0 Å². The first-order valence-corrected chi connectivity index (χ1v) is 8.11. The fraction of sp³-hybridized carbons (Fsp3) is 0.588. The Kier molecular flexibility index (Phi) is 4.56. The molecule has 0 bridgehead atoms. The third kappa shape index (κ3) is 3.11. The van der Waals surface area contributed by atoms with E-state index in [1.54, 1.807) is 0 Å². The first-order chi connectivity index (χ1) is 10.3. The summed E-state index contributed by atoms with van der Waals surface area (Å²) in [6.07, 6.45) is 2.02. The lowest BCUT2D eigenvalue weighted by Crippen LogP contribution is -2.49. The van der Waals surface area contributed by atoms with E-state index in [0.717, 1.165) is 63.2 Å². The van der Waals surface area contributed by atoms with Crippen molar-refractivity contribution in [1.82, 2.24) is 15.1 Å². The van der Waals surface area contributed by atoms with Crippen LogP contribution in [0.3, 0.4) is 0 Å². The van der Waals surface area contributed by atoms with E-state index in [-0.39, 0.29) is 5.91 Å². The number of amides is 1. The van der Waals surface area contributed by atoms with E-state index < -0.39 is 0 Å². The van der Waals surface area contributed by atoms with Crippen LogP contribution in [0.5, 0.6) is 0 Å². The molecule has 0 spiro atoms. The fourth-order valence-electron chi connectivity index (χ4n) is 3.48. The molecule has 1 aromatic carbocycles. The Hall–Kier alpha value is -1.39. The van der Waals surface area contributed by atoms with Crippen LogP contribution >= 0.6 is 0 Å². The van der Waals surface area contributed by atoms with Crippen LogP contribution in [-0.2, 0) is 6.42 Å². The Morgan fingerprint density at radius 1 is 1.24 bits per heavy atom. The van der Waals surface area contributed by atoms with Crippen molar-refractivity contribution in [1.29, 1.82) is 0 Å². The lowest BCUT2D eigenvalue weighted by molar-refractivity contribution is 0.0772. The molecule has 1 aromatic rings. The zero-order chi connectivity index (χ0) is 14.7. The summed E-state index contributed by atoms with van der Waals surface area (Å²) in [5.74, 6) is 0.213. The van der Waals surface area contributed by atoms with Crippen molar-refractivity contribution in [3.8, 4) is 0 Å². The summed E-state index contributed by atoms with van der Waals surface area (Å²) in [5.41, 5.74) is 2.05. The number of nitrogens with one attached hydrogen (secondary N) is 1. The van der Waals surface area contributed by atoms with Crippen molar-refractivity contribution in [2.24, 2.45) is 0 Å². The molecule has 114 valence electrons. The number of hydrogen-bond donors (Lipinski definition) is 1. The molecule has 2 fully saturated rings. The molecule has 3 rings (SSSR count). The van der Waals surface area contributed by atoms with Gasteiger partial charge in [0.2, 0.25) is 0 Å². The van der Waals surface area contributed by atoms with Gasteiger partial charge in [-0.15, -0.1) is 0 Å². The lowest BCUT2D eigenvalue weighted by Gasteiger charge is -2.32. The number of rotatable bonds is 3. The van der Waals surface area contributed by atoms with Gasteiger partial charge in [0.05, 0.1) is 0 Å². The van der Waals surface area contributed by atoms with Crippen molar-refractivity contribution < 1.29 is 4.79 Å². The summed E-state index contributed by atoms with van der Waals surface area (Å²) in [7, 11) is 0. The van der Waals surface area contributed by atoms with Gasteiger partial charge >= 0.3 is 0 Å². The van der Waals surface area contributed by atoms with Crippen molar-refractivity contribution in [2.75, 3.05) is 39.3 Å². The predicted octanol–water partition coefficient (Wildman–Crippen LogP) is 1.37. The van der Waals surface area contributed by atoms with E-state index in [4.69, 9.17) is 0 Å². The summed E-state index contributed by atoms with van der Waals surface area (Å²) in [6.45, 7) is 8.25. The van der Waals surface area contributed by atoms with E-state index in [9.17, 15) is 4.79 Å². The summed E-state index contributed by atoms with van der Waals surface area (Å²) >= 11 is 0. The third-order valence-electron chi connectivity index (χ3n) is 4.75. The Morgan fingerprint density at radius 3 is 2.76 bits per heavy atom. The van der Waals surface area contributed by atoms with Crippen molar-refractivity contribution in [3.05, 3.63) is 35.4 Å². The van der Waals surface area contributed by atoms with E-state index in [1.165, 1.54) is 0 Å². The standard InChI is InChI=1S/C17H25N3O/c1-2-14-5-3-4-6-16(14)17(21)20-10-7-15(13-20)19-11-8-18-9-12-19/h3-6,15,18H,2,7-13H2,1H3. The number of hydrogen-bond acceptors (Lipinski definition) is 3. The van der Waals surface area contributed by atoms with Gasteiger partial charge < -0.3 is 10.2 Å². The highest BCUT2D eigenvalue weighted by Crippen LogP contribution is 2.20. The third-order valence-corrected chi connectivity index (χ3v) is 4.75. The molecular weight excluding hydrogens is 262 g/mol. The molecule has 2 heterocycles. The highest BCUT2D eigenvalue weighted by Gasteiger charge is 2.31. The van der Waals surface area contributed by atoms with Crippen LogP contribution in [0.15, 0.2) is 24.3 Å². The number of benzene rings is 1. The first-order valence-electron chi connectivity index (χ1n) is 8.11. The largest absolute Gasteiger partial charge is 0.337 e. The number of piperazine rings is 1. The molecule has 4 heteroatoms. The van der Waals surface area contributed by atoms with Crippen LogP contribution in [0.25, 0.3) is 0 Å². The van der Waals surface area contributed by atoms with Gasteiger partial charge in [-0.1, -0.05) is 25.1 Å². The van der Waals surface area contributed by atoms with Crippen LogP contribution in [-0.4, -0.2) is 61.0 Å². The lowest BCUT2D eigenvalue weighted by atomic mass is 10.0. The van der Waals surface area contributed by atoms with Crippen molar-refractivity contribution >= 4 is 5.91 Å². The maximum atomic E-state index is 12.8. The predicted molar refractivity (Wildman–Crippen MR) is 84.6 cm³/mol. The van der Waals surface area contributed by atoms with Crippen LogP contribution in [0, 0.1) is 0 Å². The van der Waals surface area contributed by atoms with Crippen molar-refractivity contribution in [2.45, 2.75) is 25.8 Å². The van der Waals surface area contributed by atoms with Gasteiger partial charge in [-0.3, -0.25) is 9.69 Å². The average molecular weight is 287 g/mol. The maximum absolute atomic E-state index is 12.8. The van der Waals surface area contributed by atoms with E-state index in [2.05, 4.69) is 23.2 Å². The summed E-state index contributed by atoms with van der Waals surface area (Å²) in [5, 5.41) is 3.39. The Morgan fingerprint density at radius 2 is 2.00 bits per heavy atom. The molecule has 2 aliphatic heterocycles. The van der Waals surface area contributed by atoms with Gasteiger partial charge in [0.25, 0.3) is 5.91 Å². The summed E-state index contributed by atoms with van der Waals surface area (Å²) in [6, 6.07) is 8.57. The summed E-state index contributed by atoms with van der Waals surface area (Å²) < 4.78 is 0. The minimum absolute atomic E-state index is 0.213. The van der Waals surface area contributed by atoms with Gasteiger partial charge in [0.15, 0.2) is 0 Å². The highest BCUT2D eigenvalue weighted by molar-refractivity contribution is 5.95. The Bertz CT molecular complexity index is 497. The minimum atomic E-state index is 0.213. The van der Waals surface area contributed by atoms with Crippen LogP contribution in [0.1, 0.15) is 29.3 Å². The van der Waals surface area contributed by atoms with Crippen LogP contribution < -0.4 is 5.32 Å². The molecule has 21 heavy (non-hydrogen) atoms. The van der Waals surface area contributed by atoms with Gasteiger partial charge in [-0.25, -0.2) is 0 Å². The number of nitrogens with zero attached hydrogens (tertiary/aromatic N) is 2. The van der Waals surface area contributed by atoms with Gasteiger partial charge in [0.1, 0.15) is 0 Å². The number of carbonyl (C=O) groups excluding carboxylic acids is 1. The van der Waals surface area contributed by atoms with Crippen LogP contribution in [0.4, 0.5) is 0 Å². The quantitative estimate of drug-likeness (QED) is 0.912. The zero-order valence-corrected chi connectivity index (χ0v) is 12.8. The topological polar surface area (TPSA) is 35.6 Å². The number of likely N-dealkylation sites (tertiary alicyclic amines) is 1. The molecule has 2 aliphatic rings. The second-order valence-corrected chi connectivity index (χ2v) is 5.99. The fourth-order valence-corrected chi connectivity index (χ4v) is 3.48. The Balaban J connectivity index is 1.66. The SMILES string of the molecule is CCc1ccccc1C(=O)N1CCC(N2CCNCC2)C1. The van der Waals surface area contributed by atoms with Gasteiger partial charge in [0, 0.05) is 50.9 Å². The molecule has 4 nitrogen and oxygen atoms in total. The molecule has 0 aromatic heterocycles. The normalized spacial score (nSPS) is 23.5.